The van der Waals surface area contributed by atoms with Crippen molar-refractivity contribution in [2.24, 2.45) is 7.05 Å². The van der Waals surface area contributed by atoms with Crippen LogP contribution in [0.4, 0.5) is 8.78 Å². The predicted molar refractivity (Wildman–Crippen MR) is 99.7 cm³/mol. The molecule has 0 fully saturated rings. The van der Waals surface area contributed by atoms with Crippen molar-refractivity contribution in [3.05, 3.63) is 58.1 Å². The van der Waals surface area contributed by atoms with E-state index in [-0.39, 0.29) is 17.0 Å². The Bertz CT molecular complexity index is 1030. The topological polar surface area (TPSA) is 57.0 Å². The van der Waals surface area contributed by atoms with Crippen LogP contribution in [0.15, 0.2) is 35.3 Å². The normalized spacial score (nSPS) is 12.5. The molecule has 27 heavy (non-hydrogen) atoms. The number of nitrogens with zero attached hydrogens (tertiary/aromatic N) is 3. The van der Waals surface area contributed by atoms with Gasteiger partial charge in [0.15, 0.2) is 0 Å². The van der Waals surface area contributed by atoms with E-state index in [1.165, 1.54) is 23.0 Å². The fourth-order valence-electron chi connectivity index (χ4n) is 3.17. The van der Waals surface area contributed by atoms with Crippen LogP contribution in [0.3, 0.4) is 0 Å². The number of benzene rings is 1. The number of methoxy groups -OCH3 is 1. The van der Waals surface area contributed by atoms with E-state index in [2.05, 4.69) is 10.1 Å². The van der Waals surface area contributed by atoms with E-state index < -0.39 is 11.6 Å². The SMILES string of the molecule is CCC(CCOC)c1cc2c(=O)n(C)ncc2c(-c2ccc(F)cc2F)n1. The molecule has 5 nitrogen and oxygen atoms in total. The largest absolute Gasteiger partial charge is 0.385 e. The summed E-state index contributed by atoms with van der Waals surface area (Å²) in [6.45, 7) is 2.57. The Labute approximate surface area is 155 Å². The highest BCUT2D eigenvalue weighted by atomic mass is 19.1. The summed E-state index contributed by atoms with van der Waals surface area (Å²) in [5.41, 5.74) is 0.826. The molecule has 3 rings (SSSR count). The molecular formula is C20H21F2N3O2. The van der Waals surface area contributed by atoms with E-state index in [4.69, 9.17) is 4.74 Å². The summed E-state index contributed by atoms with van der Waals surface area (Å²) >= 11 is 0. The van der Waals surface area contributed by atoms with Crippen LogP contribution in [0.25, 0.3) is 22.0 Å². The van der Waals surface area contributed by atoms with Crippen molar-refractivity contribution in [2.75, 3.05) is 13.7 Å². The second-order valence-corrected chi connectivity index (χ2v) is 6.44. The van der Waals surface area contributed by atoms with Crippen molar-refractivity contribution < 1.29 is 13.5 Å². The lowest BCUT2D eigenvalue weighted by molar-refractivity contribution is 0.186. The summed E-state index contributed by atoms with van der Waals surface area (Å²) in [5, 5.41) is 4.88. The maximum absolute atomic E-state index is 14.5. The maximum Gasteiger partial charge on any atom is 0.274 e. The van der Waals surface area contributed by atoms with Crippen LogP contribution in [0, 0.1) is 11.6 Å². The van der Waals surface area contributed by atoms with E-state index >= 15 is 0 Å². The van der Waals surface area contributed by atoms with Gasteiger partial charge in [-0.3, -0.25) is 9.78 Å². The first kappa shape index (κ1) is 19.1. The van der Waals surface area contributed by atoms with E-state index in [9.17, 15) is 13.6 Å². The second kappa shape index (κ2) is 7.92. The van der Waals surface area contributed by atoms with E-state index in [0.29, 0.717) is 28.8 Å². The van der Waals surface area contributed by atoms with Crippen molar-refractivity contribution in [1.82, 2.24) is 14.8 Å². The molecule has 0 spiro atoms. The van der Waals surface area contributed by atoms with Crippen LogP contribution >= 0.6 is 0 Å². The van der Waals surface area contributed by atoms with Gasteiger partial charge in [0.25, 0.3) is 5.56 Å². The van der Waals surface area contributed by atoms with E-state index in [0.717, 1.165) is 18.9 Å². The maximum atomic E-state index is 14.5. The molecule has 3 aromatic rings. The number of rotatable bonds is 6. The van der Waals surface area contributed by atoms with Gasteiger partial charge >= 0.3 is 0 Å². The first-order valence-corrected chi connectivity index (χ1v) is 8.77. The van der Waals surface area contributed by atoms with Gasteiger partial charge in [-0.25, -0.2) is 13.5 Å². The molecule has 7 heteroatoms. The van der Waals surface area contributed by atoms with Crippen LogP contribution in [0.5, 0.6) is 0 Å². The molecule has 0 radical (unpaired) electrons. The highest BCUT2D eigenvalue weighted by Gasteiger charge is 2.19. The quantitative estimate of drug-likeness (QED) is 0.659. The third kappa shape index (κ3) is 3.73. The average Bonchev–Trinajstić information content (AvgIpc) is 2.65. The molecule has 1 atom stereocenters. The smallest absolute Gasteiger partial charge is 0.274 e. The minimum absolute atomic E-state index is 0.0504. The first-order chi connectivity index (χ1) is 13.0. The molecule has 0 bridgehead atoms. The lowest BCUT2D eigenvalue weighted by Crippen LogP contribution is -2.20. The van der Waals surface area contributed by atoms with Crippen molar-refractivity contribution in [3.63, 3.8) is 0 Å². The Balaban J connectivity index is 2.30. The van der Waals surface area contributed by atoms with Crippen LogP contribution in [0.1, 0.15) is 31.4 Å². The van der Waals surface area contributed by atoms with Crippen LogP contribution in [0.2, 0.25) is 0 Å². The van der Waals surface area contributed by atoms with Crippen LogP contribution in [-0.4, -0.2) is 28.5 Å². The molecule has 0 N–H and O–H groups in total. The molecule has 1 aromatic carbocycles. The standard InChI is InChI=1S/C20H21F2N3O2/c1-4-12(7-8-27-3)18-10-15-16(11-23-25(2)20(15)26)19(24-18)14-6-5-13(21)9-17(14)22/h5-6,9-12H,4,7-8H2,1-3H3. The monoisotopic (exact) mass is 373 g/mol. The second-order valence-electron chi connectivity index (χ2n) is 6.44. The number of fused-ring (bicyclic) bond motifs is 1. The van der Waals surface area contributed by atoms with Gasteiger partial charge in [-0.1, -0.05) is 6.92 Å². The Morgan fingerprint density at radius 1 is 1.22 bits per heavy atom. The minimum Gasteiger partial charge on any atom is -0.385 e. The zero-order valence-electron chi connectivity index (χ0n) is 15.5. The van der Waals surface area contributed by atoms with Gasteiger partial charge in [-0.05, 0) is 31.0 Å². The van der Waals surface area contributed by atoms with Gasteiger partial charge in [0, 0.05) is 49.4 Å². The van der Waals surface area contributed by atoms with Gasteiger partial charge < -0.3 is 4.74 Å². The van der Waals surface area contributed by atoms with Crippen LogP contribution < -0.4 is 5.56 Å². The van der Waals surface area contributed by atoms with E-state index in [1.807, 2.05) is 6.92 Å². The molecule has 0 saturated carbocycles. The number of halogens is 2. The van der Waals surface area contributed by atoms with Crippen molar-refractivity contribution in [1.29, 1.82) is 0 Å². The third-order valence-electron chi connectivity index (χ3n) is 4.73. The van der Waals surface area contributed by atoms with Crippen LogP contribution in [-0.2, 0) is 11.8 Å². The molecule has 2 heterocycles. The highest BCUT2D eigenvalue weighted by Crippen LogP contribution is 2.32. The summed E-state index contributed by atoms with van der Waals surface area (Å²) in [6, 6.07) is 5.07. The Kier molecular flexibility index (Phi) is 5.60. The number of aryl methyl sites for hydroxylation is 1. The molecule has 2 aromatic heterocycles. The molecule has 1 unspecified atom stereocenters. The fourth-order valence-corrected chi connectivity index (χ4v) is 3.17. The molecule has 142 valence electrons. The number of pyridine rings is 1. The number of ether oxygens (including phenoxy) is 1. The summed E-state index contributed by atoms with van der Waals surface area (Å²) < 4.78 is 34.2. The zero-order chi connectivity index (χ0) is 19.6. The van der Waals surface area contributed by atoms with Crippen molar-refractivity contribution in [2.45, 2.75) is 25.7 Å². The predicted octanol–water partition coefficient (Wildman–Crippen LogP) is 3.80. The third-order valence-corrected chi connectivity index (χ3v) is 4.73. The van der Waals surface area contributed by atoms with Gasteiger partial charge in [0.1, 0.15) is 11.6 Å². The summed E-state index contributed by atoms with van der Waals surface area (Å²) in [7, 11) is 3.18. The van der Waals surface area contributed by atoms with Gasteiger partial charge in [-0.15, -0.1) is 0 Å². The molecule has 0 saturated heterocycles. The molecule has 0 aliphatic heterocycles. The summed E-state index contributed by atoms with van der Waals surface area (Å²) in [4.78, 5) is 17.3. The van der Waals surface area contributed by atoms with Gasteiger partial charge in [0.2, 0.25) is 0 Å². The van der Waals surface area contributed by atoms with Crippen molar-refractivity contribution in [3.8, 4) is 11.3 Å². The Morgan fingerprint density at radius 2 is 2.00 bits per heavy atom. The Hall–Kier alpha value is -2.67. The number of hydrogen-bond donors (Lipinski definition) is 0. The summed E-state index contributed by atoms with van der Waals surface area (Å²) in [5.74, 6) is -1.35. The molecular weight excluding hydrogens is 352 g/mol. The van der Waals surface area contributed by atoms with Gasteiger partial charge in [0.05, 0.1) is 17.3 Å². The fraction of sp³-hybridized carbons (Fsp3) is 0.350. The molecule has 0 aliphatic rings. The van der Waals surface area contributed by atoms with Gasteiger partial charge in [-0.2, -0.15) is 5.10 Å². The molecule has 0 aliphatic carbocycles. The number of aromatic nitrogens is 3. The van der Waals surface area contributed by atoms with Crippen molar-refractivity contribution >= 4 is 10.8 Å². The average molecular weight is 373 g/mol. The Morgan fingerprint density at radius 3 is 2.67 bits per heavy atom. The highest BCUT2D eigenvalue weighted by molar-refractivity contribution is 5.94. The number of hydrogen-bond acceptors (Lipinski definition) is 4. The zero-order valence-corrected chi connectivity index (χ0v) is 15.5. The van der Waals surface area contributed by atoms with E-state index in [1.54, 1.807) is 20.2 Å². The lowest BCUT2D eigenvalue weighted by atomic mass is 9.95. The first-order valence-electron chi connectivity index (χ1n) is 8.77. The minimum atomic E-state index is -0.730. The summed E-state index contributed by atoms with van der Waals surface area (Å²) in [6.07, 6.45) is 3.00. The lowest BCUT2D eigenvalue weighted by Gasteiger charge is -2.17. The molecule has 0 amide bonds.